The molecule has 2 nitrogen and oxygen atoms in total. The van der Waals surface area contributed by atoms with E-state index in [1.807, 2.05) is 7.05 Å². The topological polar surface area (TPSA) is 15.3 Å². The van der Waals surface area contributed by atoms with E-state index in [0.717, 1.165) is 6.54 Å². The maximum absolute atomic E-state index is 3.22. The van der Waals surface area contributed by atoms with Crippen molar-refractivity contribution in [1.82, 2.24) is 10.2 Å². The Labute approximate surface area is 112 Å². The quantitative estimate of drug-likeness (QED) is 0.744. The van der Waals surface area contributed by atoms with Gasteiger partial charge in [-0.1, -0.05) is 38.1 Å². The molecule has 0 saturated carbocycles. The predicted octanol–water partition coefficient (Wildman–Crippen LogP) is 3.41. The number of nitrogens with one attached hydrogen (secondary N) is 1. The Morgan fingerprint density at radius 2 is 1.61 bits per heavy atom. The Kier molecular flexibility index (Phi) is 6.37. The van der Waals surface area contributed by atoms with Crippen LogP contribution in [0.3, 0.4) is 0 Å². The molecule has 0 aromatic heterocycles. The van der Waals surface area contributed by atoms with Gasteiger partial charge in [0.05, 0.1) is 0 Å². The molecule has 0 amide bonds. The maximum atomic E-state index is 3.22. The monoisotopic (exact) mass is 248 g/mol. The second-order valence-electron chi connectivity index (χ2n) is 5.55. The molecular formula is C16H28N2. The summed E-state index contributed by atoms with van der Waals surface area (Å²) in [4.78, 5) is 2.32. The van der Waals surface area contributed by atoms with Crippen molar-refractivity contribution in [3.8, 4) is 0 Å². The number of rotatable bonds is 7. The molecule has 0 heterocycles. The van der Waals surface area contributed by atoms with Gasteiger partial charge < -0.3 is 10.2 Å². The molecule has 0 aliphatic carbocycles. The first-order valence-corrected chi connectivity index (χ1v) is 6.97. The fraction of sp³-hybridized carbons (Fsp3) is 0.625. The first-order valence-electron chi connectivity index (χ1n) is 6.97. The molecule has 2 heteroatoms. The Bertz CT molecular complexity index is 327. The van der Waals surface area contributed by atoms with Crippen molar-refractivity contribution in [1.29, 1.82) is 0 Å². The van der Waals surface area contributed by atoms with Crippen LogP contribution in [0.25, 0.3) is 0 Å². The largest absolute Gasteiger partial charge is 0.320 e. The lowest BCUT2D eigenvalue weighted by molar-refractivity contribution is 0.279. The van der Waals surface area contributed by atoms with E-state index in [1.165, 1.54) is 24.0 Å². The molecule has 1 atom stereocenters. The molecule has 1 N–H and O–H groups in total. The lowest BCUT2D eigenvalue weighted by Crippen LogP contribution is -2.21. The van der Waals surface area contributed by atoms with Crippen LogP contribution in [0.15, 0.2) is 24.3 Å². The van der Waals surface area contributed by atoms with Crippen molar-refractivity contribution in [2.75, 3.05) is 27.7 Å². The van der Waals surface area contributed by atoms with Crippen molar-refractivity contribution >= 4 is 0 Å². The summed E-state index contributed by atoms with van der Waals surface area (Å²) in [6.07, 6.45) is 2.42. The molecule has 18 heavy (non-hydrogen) atoms. The summed E-state index contributed by atoms with van der Waals surface area (Å²) in [7, 11) is 6.35. The van der Waals surface area contributed by atoms with Crippen LogP contribution in [-0.2, 0) is 0 Å². The summed E-state index contributed by atoms with van der Waals surface area (Å²) < 4.78 is 0. The zero-order chi connectivity index (χ0) is 13.5. The zero-order valence-electron chi connectivity index (χ0n) is 12.5. The van der Waals surface area contributed by atoms with Crippen LogP contribution >= 0.6 is 0 Å². The molecule has 102 valence electrons. The maximum Gasteiger partial charge on any atom is 0.0342 e. The van der Waals surface area contributed by atoms with Crippen molar-refractivity contribution in [3.05, 3.63) is 35.4 Å². The van der Waals surface area contributed by atoms with Gasteiger partial charge in [-0.25, -0.2) is 0 Å². The molecule has 1 aromatic rings. The van der Waals surface area contributed by atoms with E-state index in [1.54, 1.807) is 0 Å². The molecule has 0 radical (unpaired) electrons. The third-order valence-electron chi connectivity index (χ3n) is 3.52. The van der Waals surface area contributed by atoms with Crippen molar-refractivity contribution in [2.24, 2.45) is 0 Å². The number of hydrogen-bond acceptors (Lipinski definition) is 2. The van der Waals surface area contributed by atoms with E-state index in [-0.39, 0.29) is 0 Å². The molecule has 1 unspecified atom stereocenters. The van der Waals surface area contributed by atoms with Crippen LogP contribution in [0, 0.1) is 0 Å². The first kappa shape index (κ1) is 15.2. The van der Waals surface area contributed by atoms with Gasteiger partial charge in [0, 0.05) is 6.04 Å². The summed E-state index contributed by atoms with van der Waals surface area (Å²) in [5, 5.41) is 3.22. The van der Waals surface area contributed by atoms with Gasteiger partial charge in [0.15, 0.2) is 0 Å². The Hall–Kier alpha value is -0.860. The third-order valence-corrected chi connectivity index (χ3v) is 3.52. The van der Waals surface area contributed by atoms with Gasteiger partial charge in [-0.15, -0.1) is 0 Å². The lowest BCUT2D eigenvalue weighted by atomic mass is 9.96. The molecule has 0 fully saturated rings. The van der Waals surface area contributed by atoms with Crippen molar-refractivity contribution in [2.45, 2.75) is 38.6 Å². The highest BCUT2D eigenvalue weighted by atomic mass is 15.1. The highest BCUT2D eigenvalue weighted by molar-refractivity contribution is 5.26. The van der Waals surface area contributed by atoms with Gasteiger partial charge in [0.1, 0.15) is 0 Å². The summed E-state index contributed by atoms with van der Waals surface area (Å²) in [6, 6.07) is 9.65. The fourth-order valence-corrected chi connectivity index (χ4v) is 2.30. The van der Waals surface area contributed by atoms with Gasteiger partial charge in [-0.2, -0.15) is 0 Å². The number of hydrogen-bond donors (Lipinski definition) is 1. The minimum absolute atomic E-state index is 0.527. The van der Waals surface area contributed by atoms with Crippen LogP contribution < -0.4 is 5.32 Å². The number of benzene rings is 1. The van der Waals surface area contributed by atoms with E-state index in [2.05, 4.69) is 62.4 Å². The van der Waals surface area contributed by atoms with Crippen molar-refractivity contribution < 1.29 is 0 Å². The molecule has 0 aliphatic heterocycles. The Balaban J connectivity index is 2.72. The molecule has 0 aliphatic rings. The fourth-order valence-electron chi connectivity index (χ4n) is 2.30. The van der Waals surface area contributed by atoms with Crippen molar-refractivity contribution in [3.63, 3.8) is 0 Å². The van der Waals surface area contributed by atoms with Crippen LogP contribution in [-0.4, -0.2) is 32.6 Å². The number of nitrogens with zero attached hydrogens (tertiary/aromatic N) is 1. The highest BCUT2D eigenvalue weighted by Gasteiger charge is 2.13. The van der Waals surface area contributed by atoms with Gasteiger partial charge in [-0.3, -0.25) is 0 Å². The van der Waals surface area contributed by atoms with E-state index in [0.29, 0.717) is 12.0 Å². The van der Waals surface area contributed by atoms with Gasteiger partial charge in [0.2, 0.25) is 0 Å². The van der Waals surface area contributed by atoms with Crippen LogP contribution in [0.4, 0.5) is 0 Å². The molecular weight excluding hydrogens is 220 g/mol. The molecule has 0 bridgehead atoms. The SMILES string of the molecule is CNCCCC(c1ccc(C(C)C)cc1)N(C)C. The average Bonchev–Trinajstić information content (AvgIpc) is 2.34. The summed E-state index contributed by atoms with van der Waals surface area (Å²) >= 11 is 0. The average molecular weight is 248 g/mol. The van der Waals surface area contributed by atoms with Crippen LogP contribution in [0.2, 0.25) is 0 Å². The predicted molar refractivity (Wildman–Crippen MR) is 80.1 cm³/mol. The van der Waals surface area contributed by atoms with E-state index >= 15 is 0 Å². The van der Waals surface area contributed by atoms with Gasteiger partial charge in [-0.05, 0) is 57.6 Å². The molecule has 1 aromatic carbocycles. The highest BCUT2D eigenvalue weighted by Crippen LogP contribution is 2.25. The molecule has 0 spiro atoms. The minimum atomic E-state index is 0.527. The summed E-state index contributed by atoms with van der Waals surface area (Å²) in [5.41, 5.74) is 2.85. The van der Waals surface area contributed by atoms with Gasteiger partial charge >= 0.3 is 0 Å². The first-order chi connectivity index (χ1) is 8.56. The standard InChI is InChI=1S/C16H28N2/c1-13(2)14-8-10-15(11-9-14)16(18(4)5)7-6-12-17-3/h8-11,13,16-17H,6-7,12H2,1-5H3. The summed E-state index contributed by atoms with van der Waals surface area (Å²) in [5.74, 6) is 0.612. The van der Waals surface area contributed by atoms with Gasteiger partial charge in [0.25, 0.3) is 0 Å². The van der Waals surface area contributed by atoms with Crippen LogP contribution in [0.1, 0.15) is 49.8 Å². The Morgan fingerprint density at radius 1 is 1.06 bits per heavy atom. The second-order valence-corrected chi connectivity index (χ2v) is 5.55. The van der Waals surface area contributed by atoms with E-state index in [4.69, 9.17) is 0 Å². The lowest BCUT2D eigenvalue weighted by Gasteiger charge is -2.25. The molecule has 1 rings (SSSR count). The Morgan fingerprint density at radius 3 is 2.06 bits per heavy atom. The normalized spacial score (nSPS) is 13.3. The van der Waals surface area contributed by atoms with Crippen LogP contribution in [0.5, 0.6) is 0 Å². The van der Waals surface area contributed by atoms with E-state index < -0.39 is 0 Å². The second kappa shape index (κ2) is 7.55. The minimum Gasteiger partial charge on any atom is -0.320 e. The molecule has 0 saturated heterocycles. The smallest absolute Gasteiger partial charge is 0.0342 e. The van der Waals surface area contributed by atoms with E-state index in [9.17, 15) is 0 Å². The zero-order valence-corrected chi connectivity index (χ0v) is 12.5. The summed E-state index contributed by atoms with van der Waals surface area (Å²) in [6.45, 7) is 5.57. The third kappa shape index (κ3) is 4.43.